The van der Waals surface area contributed by atoms with Gasteiger partial charge in [0.15, 0.2) is 0 Å². The van der Waals surface area contributed by atoms with Crippen LogP contribution in [0.4, 0.5) is 0 Å². The standard InChI is InChI=1S/C20H33N/c1-15(2)13-21-14-19-8-6-5-7-18(19)12-20-11-16(3)9-10-17(20)4/h9-11,15,18-19,21H,5-8,12-14H2,1-4H3. The lowest BCUT2D eigenvalue weighted by atomic mass is 9.75. The van der Waals surface area contributed by atoms with E-state index in [2.05, 4.69) is 51.2 Å². The SMILES string of the molecule is Cc1ccc(C)c(CC2CCCCC2CNCC(C)C)c1. The minimum atomic E-state index is 0.756. The first-order chi connectivity index (χ1) is 10.1. The molecule has 1 aliphatic rings. The van der Waals surface area contributed by atoms with E-state index in [-0.39, 0.29) is 0 Å². The van der Waals surface area contributed by atoms with Crippen molar-refractivity contribution in [1.29, 1.82) is 0 Å². The summed E-state index contributed by atoms with van der Waals surface area (Å²) in [6.07, 6.45) is 6.97. The van der Waals surface area contributed by atoms with Crippen LogP contribution in [-0.4, -0.2) is 13.1 Å². The molecule has 0 radical (unpaired) electrons. The second-order valence-electron chi connectivity index (χ2n) is 7.49. The highest BCUT2D eigenvalue weighted by molar-refractivity contribution is 5.30. The lowest BCUT2D eigenvalue weighted by Crippen LogP contribution is -2.33. The molecule has 0 amide bonds. The Hall–Kier alpha value is -0.820. The first-order valence-electron chi connectivity index (χ1n) is 8.83. The highest BCUT2D eigenvalue weighted by Crippen LogP contribution is 2.33. The first-order valence-corrected chi connectivity index (χ1v) is 8.83. The van der Waals surface area contributed by atoms with E-state index in [0.717, 1.165) is 24.3 Å². The summed E-state index contributed by atoms with van der Waals surface area (Å²) in [6, 6.07) is 6.93. The maximum Gasteiger partial charge on any atom is -0.00176 e. The topological polar surface area (TPSA) is 12.0 Å². The van der Waals surface area contributed by atoms with Gasteiger partial charge in [-0.05, 0) is 75.1 Å². The molecule has 0 aliphatic heterocycles. The van der Waals surface area contributed by atoms with E-state index in [9.17, 15) is 0 Å². The molecule has 0 aromatic heterocycles. The molecule has 1 heteroatoms. The van der Waals surface area contributed by atoms with Gasteiger partial charge in [-0.25, -0.2) is 0 Å². The molecule has 0 heterocycles. The van der Waals surface area contributed by atoms with Crippen LogP contribution in [-0.2, 0) is 6.42 Å². The molecule has 0 saturated heterocycles. The Labute approximate surface area is 131 Å². The minimum Gasteiger partial charge on any atom is -0.316 e. The van der Waals surface area contributed by atoms with Crippen LogP contribution in [0.1, 0.15) is 56.2 Å². The summed E-state index contributed by atoms with van der Waals surface area (Å²) in [5.74, 6) is 2.50. The highest BCUT2D eigenvalue weighted by atomic mass is 14.9. The Kier molecular flexibility index (Phi) is 6.29. The lowest BCUT2D eigenvalue weighted by molar-refractivity contribution is 0.226. The smallest absolute Gasteiger partial charge is 0.00176 e. The van der Waals surface area contributed by atoms with Crippen LogP contribution in [0, 0.1) is 31.6 Å². The monoisotopic (exact) mass is 287 g/mol. The molecule has 1 fully saturated rings. The van der Waals surface area contributed by atoms with Crippen molar-refractivity contribution >= 4 is 0 Å². The Morgan fingerprint density at radius 3 is 2.52 bits per heavy atom. The van der Waals surface area contributed by atoms with Gasteiger partial charge in [0, 0.05) is 0 Å². The van der Waals surface area contributed by atoms with Crippen LogP contribution in [0.5, 0.6) is 0 Å². The lowest BCUT2D eigenvalue weighted by Gasteiger charge is -2.32. The quantitative estimate of drug-likeness (QED) is 0.785. The molecule has 118 valence electrons. The Bertz CT molecular complexity index is 435. The van der Waals surface area contributed by atoms with Crippen molar-refractivity contribution in [2.75, 3.05) is 13.1 Å². The van der Waals surface area contributed by atoms with Crippen LogP contribution in [0.2, 0.25) is 0 Å². The number of benzene rings is 1. The third-order valence-corrected chi connectivity index (χ3v) is 5.01. The number of aryl methyl sites for hydroxylation is 2. The summed E-state index contributed by atoms with van der Waals surface area (Å²) in [4.78, 5) is 0. The number of hydrogen-bond acceptors (Lipinski definition) is 1. The predicted molar refractivity (Wildman–Crippen MR) is 92.8 cm³/mol. The molecule has 1 nitrogen and oxygen atoms in total. The molecule has 1 aromatic carbocycles. The van der Waals surface area contributed by atoms with Crippen molar-refractivity contribution in [2.45, 2.75) is 59.8 Å². The Balaban J connectivity index is 1.96. The van der Waals surface area contributed by atoms with Crippen molar-refractivity contribution in [2.24, 2.45) is 17.8 Å². The van der Waals surface area contributed by atoms with Crippen LogP contribution in [0.25, 0.3) is 0 Å². The molecule has 2 rings (SSSR count). The summed E-state index contributed by atoms with van der Waals surface area (Å²) in [6.45, 7) is 11.4. The number of hydrogen-bond donors (Lipinski definition) is 1. The summed E-state index contributed by atoms with van der Waals surface area (Å²) >= 11 is 0. The molecule has 1 N–H and O–H groups in total. The van der Waals surface area contributed by atoms with Gasteiger partial charge in [-0.2, -0.15) is 0 Å². The van der Waals surface area contributed by atoms with E-state index < -0.39 is 0 Å². The first kappa shape index (κ1) is 16.5. The van der Waals surface area contributed by atoms with Crippen molar-refractivity contribution in [3.05, 3.63) is 34.9 Å². The van der Waals surface area contributed by atoms with Gasteiger partial charge in [-0.3, -0.25) is 0 Å². The zero-order valence-corrected chi connectivity index (χ0v) is 14.4. The maximum absolute atomic E-state index is 3.70. The molecule has 0 spiro atoms. The summed E-state index contributed by atoms with van der Waals surface area (Å²) < 4.78 is 0. The summed E-state index contributed by atoms with van der Waals surface area (Å²) in [7, 11) is 0. The van der Waals surface area contributed by atoms with Crippen LogP contribution < -0.4 is 5.32 Å². The van der Waals surface area contributed by atoms with E-state index in [0.29, 0.717) is 0 Å². The van der Waals surface area contributed by atoms with Crippen molar-refractivity contribution in [1.82, 2.24) is 5.32 Å². The van der Waals surface area contributed by atoms with Crippen molar-refractivity contribution < 1.29 is 0 Å². The van der Waals surface area contributed by atoms with Crippen molar-refractivity contribution in [3.63, 3.8) is 0 Å². The molecule has 0 bridgehead atoms. The fourth-order valence-corrected chi connectivity index (χ4v) is 3.68. The average molecular weight is 287 g/mol. The molecule has 1 saturated carbocycles. The molecular formula is C20H33N. The zero-order valence-electron chi connectivity index (χ0n) is 14.4. The van der Waals surface area contributed by atoms with Crippen molar-refractivity contribution in [3.8, 4) is 0 Å². The van der Waals surface area contributed by atoms with Gasteiger partial charge in [0.1, 0.15) is 0 Å². The number of nitrogens with one attached hydrogen (secondary N) is 1. The zero-order chi connectivity index (χ0) is 15.2. The fourth-order valence-electron chi connectivity index (χ4n) is 3.68. The molecule has 1 aliphatic carbocycles. The van der Waals surface area contributed by atoms with E-state index in [4.69, 9.17) is 0 Å². The molecule has 2 atom stereocenters. The molecule has 1 aromatic rings. The molecule has 2 unspecified atom stereocenters. The second kappa shape index (κ2) is 7.98. The van der Waals surface area contributed by atoms with Gasteiger partial charge in [0.2, 0.25) is 0 Å². The van der Waals surface area contributed by atoms with E-state index in [1.165, 1.54) is 49.8 Å². The maximum atomic E-state index is 3.70. The molecule has 21 heavy (non-hydrogen) atoms. The highest BCUT2D eigenvalue weighted by Gasteiger charge is 2.25. The fraction of sp³-hybridized carbons (Fsp3) is 0.700. The normalized spacial score (nSPS) is 22.7. The Morgan fingerprint density at radius 1 is 1.10 bits per heavy atom. The van der Waals surface area contributed by atoms with Crippen LogP contribution in [0.15, 0.2) is 18.2 Å². The van der Waals surface area contributed by atoms with E-state index in [1.54, 1.807) is 5.56 Å². The third kappa shape index (κ3) is 5.14. The minimum absolute atomic E-state index is 0.756. The molecular weight excluding hydrogens is 254 g/mol. The number of rotatable bonds is 6. The van der Waals surface area contributed by atoms with Gasteiger partial charge in [-0.1, -0.05) is 50.5 Å². The Morgan fingerprint density at radius 2 is 1.81 bits per heavy atom. The second-order valence-corrected chi connectivity index (χ2v) is 7.49. The van der Waals surface area contributed by atoms with Gasteiger partial charge in [0.25, 0.3) is 0 Å². The van der Waals surface area contributed by atoms with E-state index >= 15 is 0 Å². The van der Waals surface area contributed by atoms with Gasteiger partial charge < -0.3 is 5.32 Å². The summed E-state index contributed by atoms with van der Waals surface area (Å²) in [5, 5.41) is 3.70. The third-order valence-electron chi connectivity index (χ3n) is 5.01. The predicted octanol–water partition coefficient (Wildman–Crippen LogP) is 4.90. The van der Waals surface area contributed by atoms with E-state index in [1.807, 2.05) is 0 Å². The van der Waals surface area contributed by atoms with Gasteiger partial charge in [-0.15, -0.1) is 0 Å². The van der Waals surface area contributed by atoms with Gasteiger partial charge in [0.05, 0.1) is 0 Å². The van der Waals surface area contributed by atoms with Crippen LogP contribution >= 0.6 is 0 Å². The average Bonchev–Trinajstić information content (AvgIpc) is 2.44. The van der Waals surface area contributed by atoms with Crippen LogP contribution in [0.3, 0.4) is 0 Å². The largest absolute Gasteiger partial charge is 0.316 e. The van der Waals surface area contributed by atoms with Gasteiger partial charge >= 0.3 is 0 Å². The summed E-state index contributed by atoms with van der Waals surface area (Å²) in [5.41, 5.74) is 4.46.